The van der Waals surface area contributed by atoms with Gasteiger partial charge in [-0.05, 0) is 38.8 Å². The predicted molar refractivity (Wildman–Crippen MR) is 61.7 cm³/mol. The SMILES string of the molecule is COC1(c2nc(C3(C)CCNCC3)no2)CC1. The molecule has 0 bridgehead atoms. The molecule has 1 aliphatic heterocycles. The van der Waals surface area contributed by atoms with Crippen LogP contribution in [0.4, 0.5) is 0 Å². The molecule has 2 fully saturated rings. The van der Waals surface area contributed by atoms with E-state index in [1.807, 2.05) is 0 Å². The zero-order valence-electron chi connectivity index (χ0n) is 10.5. The normalized spacial score (nSPS) is 25.8. The topological polar surface area (TPSA) is 60.2 Å². The second-order valence-corrected chi connectivity index (χ2v) is 5.43. The maximum Gasteiger partial charge on any atom is 0.258 e. The van der Waals surface area contributed by atoms with E-state index in [0.29, 0.717) is 5.89 Å². The van der Waals surface area contributed by atoms with Crippen molar-refractivity contribution in [3.63, 3.8) is 0 Å². The Hall–Kier alpha value is -0.940. The highest BCUT2D eigenvalue weighted by Crippen LogP contribution is 2.48. The number of nitrogens with zero attached hydrogens (tertiary/aromatic N) is 2. The van der Waals surface area contributed by atoms with E-state index in [2.05, 4.69) is 22.4 Å². The molecule has 1 aliphatic carbocycles. The Kier molecular flexibility index (Phi) is 2.48. The van der Waals surface area contributed by atoms with Gasteiger partial charge < -0.3 is 14.6 Å². The number of aromatic nitrogens is 2. The molecular formula is C12H19N3O2. The van der Waals surface area contributed by atoms with Gasteiger partial charge in [0, 0.05) is 12.5 Å². The molecule has 1 saturated carbocycles. The second-order valence-electron chi connectivity index (χ2n) is 5.43. The zero-order valence-corrected chi connectivity index (χ0v) is 10.5. The van der Waals surface area contributed by atoms with E-state index in [1.54, 1.807) is 7.11 Å². The fraction of sp³-hybridized carbons (Fsp3) is 0.833. The van der Waals surface area contributed by atoms with Crippen molar-refractivity contribution in [3.8, 4) is 0 Å². The summed E-state index contributed by atoms with van der Waals surface area (Å²) in [6.07, 6.45) is 4.10. The molecule has 5 heteroatoms. The summed E-state index contributed by atoms with van der Waals surface area (Å²) in [6.45, 7) is 4.26. The van der Waals surface area contributed by atoms with Gasteiger partial charge in [-0.1, -0.05) is 12.1 Å². The molecule has 17 heavy (non-hydrogen) atoms. The van der Waals surface area contributed by atoms with Crippen molar-refractivity contribution in [1.82, 2.24) is 15.5 Å². The van der Waals surface area contributed by atoms with Crippen molar-refractivity contribution in [2.45, 2.75) is 43.6 Å². The maximum absolute atomic E-state index is 5.46. The van der Waals surface area contributed by atoms with E-state index in [9.17, 15) is 0 Å². The lowest BCUT2D eigenvalue weighted by molar-refractivity contribution is 0.0492. The number of methoxy groups -OCH3 is 1. The van der Waals surface area contributed by atoms with Crippen LogP contribution in [0.25, 0.3) is 0 Å². The Morgan fingerprint density at radius 1 is 1.24 bits per heavy atom. The van der Waals surface area contributed by atoms with Crippen molar-refractivity contribution in [3.05, 3.63) is 11.7 Å². The Balaban J connectivity index is 1.84. The van der Waals surface area contributed by atoms with Gasteiger partial charge in [0.2, 0.25) is 0 Å². The van der Waals surface area contributed by atoms with Crippen LogP contribution in [0.15, 0.2) is 4.52 Å². The molecule has 3 rings (SSSR count). The van der Waals surface area contributed by atoms with Gasteiger partial charge in [0.15, 0.2) is 5.82 Å². The summed E-state index contributed by atoms with van der Waals surface area (Å²) >= 11 is 0. The van der Waals surface area contributed by atoms with Crippen molar-refractivity contribution >= 4 is 0 Å². The first kappa shape index (κ1) is 11.2. The van der Waals surface area contributed by atoms with Crippen LogP contribution in [0.2, 0.25) is 0 Å². The number of piperidine rings is 1. The van der Waals surface area contributed by atoms with Gasteiger partial charge in [-0.25, -0.2) is 0 Å². The lowest BCUT2D eigenvalue weighted by atomic mass is 9.80. The van der Waals surface area contributed by atoms with Crippen LogP contribution in [0.1, 0.15) is 44.3 Å². The Morgan fingerprint density at radius 3 is 2.53 bits per heavy atom. The molecule has 2 heterocycles. The molecule has 0 aromatic carbocycles. The first-order chi connectivity index (χ1) is 8.19. The zero-order chi connectivity index (χ0) is 11.9. The van der Waals surface area contributed by atoms with Gasteiger partial charge in [-0.2, -0.15) is 4.98 Å². The molecule has 2 aliphatic rings. The lowest BCUT2D eigenvalue weighted by Crippen LogP contribution is -2.38. The highest BCUT2D eigenvalue weighted by atomic mass is 16.5. The summed E-state index contributed by atoms with van der Waals surface area (Å²) in [5.41, 5.74) is -0.217. The van der Waals surface area contributed by atoms with Crippen molar-refractivity contribution in [2.75, 3.05) is 20.2 Å². The number of hydrogen-bond donors (Lipinski definition) is 1. The van der Waals surface area contributed by atoms with Crippen LogP contribution in [0, 0.1) is 0 Å². The summed E-state index contributed by atoms with van der Waals surface area (Å²) < 4.78 is 10.9. The average Bonchev–Trinajstić information content (AvgIpc) is 2.98. The molecule has 5 nitrogen and oxygen atoms in total. The van der Waals surface area contributed by atoms with Gasteiger partial charge in [0.1, 0.15) is 5.60 Å². The van der Waals surface area contributed by atoms with Crippen molar-refractivity contribution in [2.24, 2.45) is 0 Å². The molecule has 0 unspecified atom stereocenters. The minimum Gasteiger partial charge on any atom is -0.368 e. The van der Waals surface area contributed by atoms with Crippen LogP contribution < -0.4 is 5.32 Å². The number of hydrogen-bond acceptors (Lipinski definition) is 5. The van der Waals surface area contributed by atoms with Crippen LogP contribution in [0.5, 0.6) is 0 Å². The molecule has 0 radical (unpaired) electrons. The van der Waals surface area contributed by atoms with E-state index in [1.165, 1.54) is 0 Å². The van der Waals surface area contributed by atoms with Crippen LogP contribution in [-0.2, 0) is 15.8 Å². The lowest BCUT2D eigenvalue weighted by Gasteiger charge is -2.30. The molecule has 1 N–H and O–H groups in total. The molecular weight excluding hydrogens is 218 g/mol. The van der Waals surface area contributed by atoms with Crippen LogP contribution in [0.3, 0.4) is 0 Å². The third kappa shape index (κ3) is 1.77. The van der Waals surface area contributed by atoms with Crippen LogP contribution in [-0.4, -0.2) is 30.3 Å². The summed E-state index contributed by atoms with van der Waals surface area (Å²) in [6, 6.07) is 0. The van der Waals surface area contributed by atoms with Crippen LogP contribution >= 0.6 is 0 Å². The van der Waals surface area contributed by atoms with E-state index in [4.69, 9.17) is 9.26 Å². The third-order valence-electron chi connectivity index (χ3n) is 4.16. The molecule has 94 valence electrons. The summed E-state index contributed by atoms with van der Waals surface area (Å²) in [5.74, 6) is 1.51. The van der Waals surface area contributed by atoms with E-state index >= 15 is 0 Å². The molecule has 0 spiro atoms. The average molecular weight is 237 g/mol. The van der Waals surface area contributed by atoms with Gasteiger partial charge in [-0.3, -0.25) is 0 Å². The maximum atomic E-state index is 5.46. The van der Waals surface area contributed by atoms with Crippen molar-refractivity contribution < 1.29 is 9.26 Å². The van der Waals surface area contributed by atoms with Gasteiger partial charge in [-0.15, -0.1) is 0 Å². The number of rotatable bonds is 3. The van der Waals surface area contributed by atoms with Gasteiger partial charge in [0.05, 0.1) is 0 Å². The third-order valence-corrected chi connectivity index (χ3v) is 4.16. The Labute approximate surface area is 101 Å². The predicted octanol–water partition coefficient (Wildman–Crippen LogP) is 1.35. The molecule has 1 saturated heterocycles. The largest absolute Gasteiger partial charge is 0.368 e. The highest BCUT2D eigenvalue weighted by Gasteiger charge is 2.51. The summed E-state index contributed by atoms with van der Waals surface area (Å²) in [7, 11) is 1.71. The van der Waals surface area contributed by atoms with E-state index in [-0.39, 0.29) is 11.0 Å². The fourth-order valence-corrected chi connectivity index (χ4v) is 2.47. The fourth-order valence-electron chi connectivity index (χ4n) is 2.47. The monoisotopic (exact) mass is 237 g/mol. The standard InChI is InChI=1S/C12H19N3O2/c1-11(5-7-13-8-6-11)9-14-10(17-15-9)12(16-2)3-4-12/h13H,3-8H2,1-2H3. The molecule has 0 atom stereocenters. The van der Waals surface area contributed by atoms with E-state index < -0.39 is 0 Å². The molecule has 0 amide bonds. The second kappa shape index (κ2) is 3.78. The minimum absolute atomic E-state index is 0.0524. The first-order valence-electron chi connectivity index (χ1n) is 6.29. The van der Waals surface area contributed by atoms with Gasteiger partial charge in [0.25, 0.3) is 5.89 Å². The van der Waals surface area contributed by atoms with Crippen molar-refractivity contribution in [1.29, 1.82) is 0 Å². The first-order valence-corrected chi connectivity index (χ1v) is 6.29. The highest BCUT2D eigenvalue weighted by molar-refractivity contribution is 5.13. The number of ether oxygens (including phenoxy) is 1. The molecule has 1 aromatic heterocycles. The summed E-state index contributed by atoms with van der Waals surface area (Å²) in [4.78, 5) is 4.58. The Bertz CT molecular complexity index is 406. The molecule has 1 aromatic rings. The minimum atomic E-state index is -0.269. The van der Waals surface area contributed by atoms with Gasteiger partial charge >= 0.3 is 0 Å². The summed E-state index contributed by atoms with van der Waals surface area (Å²) in [5, 5.41) is 7.53. The Morgan fingerprint density at radius 2 is 1.94 bits per heavy atom. The van der Waals surface area contributed by atoms with E-state index in [0.717, 1.165) is 44.6 Å². The number of nitrogens with one attached hydrogen (secondary N) is 1. The quantitative estimate of drug-likeness (QED) is 0.859. The smallest absolute Gasteiger partial charge is 0.258 e.